The Morgan fingerprint density at radius 3 is 2.69 bits per heavy atom. The van der Waals surface area contributed by atoms with Crippen molar-refractivity contribution in [3.8, 4) is 12.3 Å². The molecule has 0 aromatic rings. The van der Waals surface area contributed by atoms with Gasteiger partial charge in [0.15, 0.2) is 0 Å². The standard InChI is InChI=1S/C11H19NO/c1-4-9-12-11(2,3)8-6-5-7-10-13/h1,10,12H,5-9H2,2-3H3. The fraction of sp³-hybridized carbons (Fsp3) is 0.727. The van der Waals surface area contributed by atoms with Gasteiger partial charge in [-0.25, -0.2) is 0 Å². The number of hydrogen-bond donors (Lipinski definition) is 1. The molecule has 0 amide bonds. The average Bonchev–Trinajstić information content (AvgIpc) is 2.09. The maximum atomic E-state index is 10.1. The van der Waals surface area contributed by atoms with Crippen molar-refractivity contribution in [1.29, 1.82) is 0 Å². The van der Waals surface area contributed by atoms with Gasteiger partial charge in [-0.05, 0) is 26.7 Å². The van der Waals surface area contributed by atoms with Crippen LogP contribution in [0, 0.1) is 12.3 Å². The molecule has 0 saturated carbocycles. The van der Waals surface area contributed by atoms with Crippen molar-refractivity contribution in [2.45, 2.75) is 45.1 Å². The molecule has 13 heavy (non-hydrogen) atoms. The van der Waals surface area contributed by atoms with Crippen molar-refractivity contribution in [2.24, 2.45) is 0 Å². The Bertz CT molecular complexity index is 179. The highest BCUT2D eigenvalue weighted by atomic mass is 16.1. The third-order valence-electron chi connectivity index (χ3n) is 2.04. The van der Waals surface area contributed by atoms with Crippen LogP contribution in [0.3, 0.4) is 0 Å². The zero-order chi connectivity index (χ0) is 10.2. The fourth-order valence-electron chi connectivity index (χ4n) is 1.17. The molecule has 0 radical (unpaired) electrons. The fourth-order valence-corrected chi connectivity index (χ4v) is 1.17. The second kappa shape index (κ2) is 6.68. The number of unbranched alkanes of at least 4 members (excludes halogenated alkanes) is 2. The lowest BCUT2D eigenvalue weighted by atomic mass is 9.97. The van der Waals surface area contributed by atoms with Gasteiger partial charge in [-0.1, -0.05) is 12.3 Å². The Morgan fingerprint density at radius 1 is 1.46 bits per heavy atom. The molecule has 0 spiro atoms. The summed E-state index contributed by atoms with van der Waals surface area (Å²) in [5.74, 6) is 2.56. The molecule has 0 rings (SSSR count). The summed E-state index contributed by atoms with van der Waals surface area (Å²) in [6.45, 7) is 4.87. The largest absolute Gasteiger partial charge is 0.303 e. The van der Waals surface area contributed by atoms with Crippen LogP contribution < -0.4 is 5.32 Å². The Hall–Kier alpha value is -0.810. The van der Waals surface area contributed by atoms with Gasteiger partial charge in [0.25, 0.3) is 0 Å². The molecule has 74 valence electrons. The molecule has 0 saturated heterocycles. The van der Waals surface area contributed by atoms with Gasteiger partial charge in [0.1, 0.15) is 6.29 Å². The maximum Gasteiger partial charge on any atom is 0.119 e. The van der Waals surface area contributed by atoms with Gasteiger partial charge in [-0.15, -0.1) is 6.42 Å². The normalized spacial score (nSPS) is 10.8. The van der Waals surface area contributed by atoms with E-state index in [0.29, 0.717) is 13.0 Å². The van der Waals surface area contributed by atoms with Crippen molar-refractivity contribution >= 4 is 6.29 Å². The summed E-state index contributed by atoms with van der Waals surface area (Å²) in [7, 11) is 0. The van der Waals surface area contributed by atoms with Crippen molar-refractivity contribution in [2.75, 3.05) is 6.54 Å². The summed E-state index contributed by atoms with van der Waals surface area (Å²) in [5.41, 5.74) is 0.0925. The number of carbonyl (C=O) groups is 1. The van der Waals surface area contributed by atoms with Crippen LogP contribution in [-0.2, 0) is 4.79 Å². The van der Waals surface area contributed by atoms with E-state index in [4.69, 9.17) is 6.42 Å². The molecule has 0 atom stereocenters. The van der Waals surface area contributed by atoms with Gasteiger partial charge in [0.05, 0.1) is 6.54 Å². The van der Waals surface area contributed by atoms with Crippen molar-refractivity contribution in [3.63, 3.8) is 0 Å². The lowest BCUT2D eigenvalue weighted by molar-refractivity contribution is -0.107. The average molecular weight is 181 g/mol. The minimum Gasteiger partial charge on any atom is -0.303 e. The Balaban J connectivity index is 3.51. The Labute approximate surface area is 81.1 Å². The molecule has 0 aliphatic heterocycles. The number of carbonyl (C=O) groups excluding carboxylic acids is 1. The second-order valence-corrected chi connectivity index (χ2v) is 3.85. The first-order valence-corrected chi connectivity index (χ1v) is 4.74. The molecule has 0 heterocycles. The lowest BCUT2D eigenvalue weighted by Gasteiger charge is -2.25. The number of hydrogen-bond acceptors (Lipinski definition) is 2. The number of aldehydes is 1. The highest BCUT2D eigenvalue weighted by Crippen LogP contribution is 2.12. The highest BCUT2D eigenvalue weighted by molar-refractivity contribution is 5.48. The van der Waals surface area contributed by atoms with Crippen LogP contribution >= 0.6 is 0 Å². The summed E-state index contributed by atoms with van der Waals surface area (Å²) in [5, 5.41) is 3.26. The monoisotopic (exact) mass is 181 g/mol. The van der Waals surface area contributed by atoms with Crippen LogP contribution in [0.15, 0.2) is 0 Å². The van der Waals surface area contributed by atoms with E-state index < -0.39 is 0 Å². The zero-order valence-corrected chi connectivity index (χ0v) is 8.60. The summed E-state index contributed by atoms with van der Waals surface area (Å²) in [6.07, 6.45) is 9.91. The van der Waals surface area contributed by atoms with Crippen LogP contribution in [0.1, 0.15) is 39.5 Å². The molecule has 0 aliphatic rings. The van der Waals surface area contributed by atoms with Crippen LogP contribution in [0.25, 0.3) is 0 Å². The van der Waals surface area contributed by atoms with E-state index in [1.165, 1.54) is 0 Å². The lowest BCUT2D eigenvalue weighted by Crippen LogP contribution is -2.39. The molecular formula is C11H19NO. The third kappa shape index (κ3) is 7.55. The minimum atomic E-state index is 0.0925. The molecule has 0 aliphatic carbocycles. The molecule has 0 aromatic heterocycles. The Morgan fingerprint density at radius 2 is 2.15 bits per heavy atom. The van der Waals surface area contributed by atoms with Crippen molar-refractivity contribution < 1.29 is 4.79 Å². The zero-order valence-electron chi connectivity index (χ0n) is 8.60. The molecule has 1 N–H and O–H groups in total. The number of terminal acetylenes is 1. The van der Waals surface area contributed by atoms with E-state index in [0.717, 1.165) is 25.5 Å². The van der Waals surface area contributed by atoms with Crippen LogP contribution in [0.2, 0.25) is 0 Å². The first-order valence-electron chi connectivity index (χ1n) is 4.74. The van der Waals surface area contributed by atoms with Gasteiger partial charge in [0.2, 0.25) is 0 Å². The summed E-state index contributed by atoms with van der Waals surface area (Å²) in [4.78, 5) is 10.1. The topological polar surface area (TPSA) is 29.1 Å². The molecular weight excluding hydrogens is 162 g/mol. The van der Waals surface area contributed by atoms with E-state index in [-0.39, 0.29) is 5.54 Å². The quantitative estimate of drug-likeness (QED) is 0.368. The smallest absolute Gasteiger partial charge is 0.119 e. The van der Waals surface area contributed by atoms with Gasteiger partial charge < -0.3 is 10.1 Å². The number of rotatable bonds is 7. The molecule has 0 unspecified atom stereocenters. The van der Waals surface area contributed by atoms with Gasteiger partial charge in [-0.2, -0.15) is 0 Å². The van der Waals surface area contributed by atoms with Gasteiger partial charge in [0, 0.05) is 12.0 Å². The van der Waals surface area contributed by atoms with Gasteiger partial charge >= 0.3 is 0 Å². The summed E-state index contributed by atoms with van der Waals surface area (Å²) >= 11 is 0. The molecule has 2 heteroatoms. The van der Waals surface area contributed by atoms with E-state index in [1.807, 2.05) is 0 Å². The van der Waals surface area contributed by atoms with E-state index in [9.17, 15) is 4.79 Å². The van der Waals surface area contributed by atoms with Crippen molar-refractivity contribution in [1.82, 2.24) is 5.32 Å². The molecule has 0 fully saturated rings. The van der Waals surface area contributed by atoms with Gasteiger partial charge in [-0.3, -0.25) is 0 Å². The predicted octanol–water partition coefficient (Wildman–Crippen LogP) is 1.75. The highest BCUT2D eigenvalue weighted by Gasteiger charge is 2.14. The third-order valence-corrected chi connectivity index (χ3v) is 2.04. The summed E-state index contributed by atoms with van der Waals surface area (Å²) in [6, 6.07) is 0. The number of nitrogens with one attached hydrogen (secondary N) is 1. The van der Waals surface area contributed by atoms with Crippen LogP contribution in [0.5, 0.6) is 0 Å². The predicted molar refractivity (Wildman–Crippen MR) is 55.4 cm³/mol. The SMILES string of the molecule is C#CCNC(C)(C)CCCCC=O. The Kier molecular flexibility index (Phi) is 6.26. The van der Waals surface area contributed by atoms with E-state index >= 15 is 0 Å². The molecule has 0 aromatic carbocycles. The minimum absolute atomic E-state index is 0.0925. The first kappa shape index (κ1) is 12.2. The van der Waals surface area contributed by atoms with E-state index in [1.54, 1.807) is 0 Å². The molecule has 0 bridgehead atoms. The van der Waals surface area contributed by atoms with Crippen LogP contribution in [-0.4, -0.2) is 18.4 Å². The second-order valence-electron chi connectivity index (χ2n) is 3.85. The van der Waals surface area contributed by atoms with Crippen LogP contribution in [0.4, 0.5) is 0 Å². The summed E-state index contributed by atoms with van der Waals surface area (Å²) < 4.78 is 0. The van der Waals surface area contributed by atoms with E-state index in [2.05, 4.69) is 25.1 Å². The maximum absolute atomic E-state index is 10.1. The molecule has 2 nitrogen and oxygen atoms in total. The van der Waals surface area contributed by atoms with Crippen molar-refractivity contribution in [3.05, 3.63) is 0 Å². The first-order chi connectivity index (χ1) is 6.12.